The molecule has 0 heterocycles. The maximum Gasteiger partial charge on any atom is 0.295 e. The number of phenols is 1. The predicted molar refractivity (Wildman–Crippen MR) is 109 cm³/mol. The fraction of sp³-hybridized carbons (Fsp3) is 0. The van der Waals surface area contributed by atoms with Gasteiger partial charge in [-0.25, -0.2) is 0 Å². The summed E-state index contributed by atoms with van der Waals surface area (Å²) < 4.78 is 34.2. The number of rotatable bonds is 3. The van der Waals surface area contributed by atoms with Gasteiger partial charge in [-0.2, -0.15) is 8.42 Å². The lowest BCUT2D eigenvalue weighted by molar-refractivity contribution is -0.110. The van der Waals surface area contributed by atoms with Crippen LogP contribution in [0, 0.1) is 0 Å². The van der Waals surface area contributed by atoms with Gasteiger partial charge in [-0.1, -0.05) is 30.3 Å². The fourth-order valence-corrected chi connectivity index (χ4v) is 4.15. The number of benzene rings is 2. The molecule has 0 radical (unpaired) electrons. The Balaban J connectivity index is 2.40. The number of halogens is 2. The molecule has 8 heteroatoms. The van der Waals surface area contributed by atoms with E-state index < -0.39 is 10.1 Å². The van der Waals surface area contributed by atoms with Crippen molar-refractivity contribution < 1.29 is 22.9 Å². The second-order valence-electron chi connectivity index (χ2n) is 5.66. The number of aromatic hydroxyl groups is 1. The van der Waals surface area contributed by atoms with Crippen molar-refractivity contribution in [3.8, 4) is 5.75 Å². The van der Waals surface area contributed by atoms with Gasteiger partial charge < -0.3 is 5.11 Å². The molecule has 0 unspecified atom stereocenters. The maximum atomic E-state index is 11.9. The molecule has 1 aliphatic carbocycles. The molecule has 27 heavy (non-hydrogen) atoms. The average molecular weight is 512 g/mol. The molecular formula is C19H12Br2O5S. The molecule has 0 saturated carbocycles. The summed E-state index contributed by atoms with van der Waals surface area (Å²) in [6, 6.07) is 10.7. The van der Waals surface area contributed by atoms with Crippen LogP contribution in [0.15, 0.2) is 80.1 Å². The Morgan fingerprint density at radius 3 is 2.33 bits per heavy atom. The minimum absolute atomic E-state index is 0.0252. The van der Waals surface area contributed by atoms with Crippen molar-refractivity contribution in [2.24, 2.45) is 0 Å². The molecule has 2 aromatic carbocycles. The predicted octanol–water partition coefficient (Wildman–Crippen LogP) is 4.62. The monoisotopic (exact) mass is 510 g/mol. The van der Waals surface area contributed by atoms with E-state index in [1.54, 1.807) is 36.4 Å². The van der Waals surface area contributed by atoms with Crippen LogP contribution in [0.5, 0.6) is 5.75 Å². The number of phenolic OH excluding ortho intramolecular Hbond substituents is 1. The molecular weight excluding hydrogens is 500 g/mol. The fourth-order valence-electron chi connectivity index (χ4n) is 2.69. The lowest BCUT2D eigenvalue weighted by Gasteiger charge is -2.17. The Hall–Kier alpha value is -2.00. The van der Waals surface area contributed by atoms with Gasteiger partial charge >= 0.3 is 0 Å². The summed E-state index contributed by atoms with van der Waals surface area (Å²) in [6.45, 7) is 0. The molecule has 0 bridgehead atoms. The lowest BCUT2D eigenvalue weighted by atomic mass is 9.91. The standard InChI is InChI=1S/C19H12Br2O5S/c20-14-9-11(5-7-16(14)22)19(12-6-8-17(23)15(21)10-12)13-3-1-2-4-18(13)27(24,25)26/h1-10,22H,(H,24,25,26)/b19-12-. The van der Waals surface area contributed by atoms with Crippen molar-refractivity contribution in [2.45, 2.75) is 4.90 Å². The van der Waals surface area contributed by atoms with E-state index in [0.717, 1.165) is 0 Å². The highest BCUT2D eigenvalue weighted by atomic mass is 79.9. The summed E-state index contributed by atoms with van der Waals surface area (Å²) >= 11 is 6.45. The first-order valence-corrected chi connectivity index (χ1v) is 10.6. The smallest absolute Gasteiger partial charge is 0.295 e. The summed E-state index contributed by atoms with van der Waals surface area (Å²) in [5, 5.41) is 9.79. The van der Waals surface area contributed by atoms with E-state index in [1.807, 2.05) is 0 Å². The number of hydrogen-bond acceptors (Lipinski definition) is 4. The second-order valence-corrected chi connectivity index (χ2v) is 8.76. The minimum atomic E-state index is -4.49. The zero-order chi connectivity index (χ0) is 19.8. The molecule has 3 rings (SSSR count). The SMILES string of the molecule is O=C1C=C/C(=C(\c2ccc(O)c(Br)c2)c2ccccc2S(=O)(=O)O)C=C1Br. The highest BCUT2D eigenvalue weighted by Crippen LogP contribution is 2.37. The van der Waals surface area contributed by atoms with Gasteiger partial charge in [0, 0.05) is 5.56 Å². The summed E-state index contributed by atoms with van der Waals surface area (Å²) in [5.41, 5.74) is 1.89. The Morgan fingerprint density at radius 2 is 1.70 bits per heavy atom. The first-order valence-electron chi connectivity index (χ1n) is 7.58. The molecule has 0 aliphatic heterocycles. The van der Waals surface area contributed by atoms with Gasteiger partial charge in [0.2, 0.25) is 0 Å². The van der Waals surface area contributed by atoms with E-state index in [0.29, 0.717) is 25.7 Å². The normalized spacial score (nSPS) is 16.3. The van der Waals surface area contributed by atoms with E-state index >= 15 is 0 Å². The molecule has 0 aromatic heterocycles. The van der Waals surface area contributed by atoms with Crippen LogP contribution in [0.25, 0.3) is 5.57 Å². The Bertz CT molecular complexity index is 1140. The van der Waals surface area contributed by atoms with Crippen molar-refractivity contribution >= 4 is 53.3 Å². The molecule has 0 saturated heterocycles. The third-order valence-electron chi connectivity index (χ3n) is 3.89. The van der Waals surface area contributed by atoms with E-state index in [4.69, 9.17) is 0 Å². The van der Waals surface area contributed by atoms with E-state index in [2.05, 4.69) is 31.9 Å². The summed E-state index contributed by atoms with van der Waals surface area (Å²) in [7, 11) is -4.49. The molecule has 138 valence electrons. The minimum Gasteiger partial charge on any atom is -0.507 e. The van der Waals surface area contributed by atoms with Crippen LogP contribution in [0.1, 0.15) is 11.1 Å². The quantitative estimate of drug-likeness (QED) is 0.586. The molecule has 5 nitrogen and oxygen atoms in total. The van der Waals surface area contributed by atoms with Crippen LogP contribution in [-0.4, -0.2) is 23.9 Å². The maximum absolute atomic E-state index is 11.9. The number of carbonyl (C=O) groups excluding carboxylic acids is 1. The van der Waals surface area contributed by atoms with E-state index in [-0.39, 0.29) is 22.0 Å². The van der Waals surface area contributed by atoms with Crippen LogP contribution >= 0.6 is 31.9 Å². The third-order valence-corrected chi connectivity index (χ3v) is 6.06. The number of allylic oxidation sites excluding steroid dienone is 5. The molecule has 0 amide bonds. The molecule has 1 aliphatic rings. The van der Waals surface area contributed by atoms with Crippen LogP contribution in [0.3, 0.4) is 0 Å². The van der Waals surface area contributed by atoms with E-state index in [9.17, 15) is 22.9 Å². The van der Waals surface area contributed by atoms with Crippen LogP contribution in [0.2, 0.25) is 0 Å². The molecule has 2 N–H and O–H groups in total. The van der Waals surface area contributed by atoms with Crippen molar-refractivity contribution in [3.63, 3.8) is 0 Å². The molecule has 2 aromatic rings. The average Bonchev–Trinajstić information content (AvgIpc) is 2.61. The first-order chi connectivity index (χ1) is 12.7. The number of hydrogen-bond donors (Lipinski definition) is 2. The number of ketones is 1. The van der Waals surface area contributed by atoms with Crippen molar-refractivity contribution in [3.05, 3.63) is 86.3 Å². The van der Waals surface area contributed by atoms with Crippen LogP contribution < -0.4 is 0 Å². The largest absolute Gasteiger partial charge is 0.507 e. The van der Waals surface area contributed by atoms with Crippen molar-refractivity contribution in [1.82, 2.24) is 0 Å². The third kappa shape index (κ3) is 4.14. The van der Waals surface area contributed by atoms with Gasteiger partial charge in [-0.3, -0.25) is 9.35 Å². The highest BCUT2D eigenvalue weighted by molar-refractivity contribution is 9.12. The molecule has 0 spiro atoms. The zero-order valence-electron chi connectivity index (χ0n) is 13.6. The van der Waals surface area contributed by atoms with Crippen LogP contribution in [-0.2, 0) is 14.9 Å². The van der Waals surface area contributed by atoms with Gasteiger partial charge in [0.05, 0.1) is 8.96 Å². The number of carbonyl (C=O) groups is 1. The second kappa shape index (κ2) is 7.55. The van der Waals surface area contributed by atoms with Gasteiger partial charge in [-0.05, 0) is 78.9 Å². The van der Waals surface area contributed by atoms with Crippen molar-refractivity contribution in [2.75, 3.05) is 0 Å². The molecule has 0 fully saturated rings. The Kier molecular flexibility index (Phi) is 5.53. The molecule has 0 atom stereocenters. The summed E-state index contributed by atoms with van der Waals surface area (Å²) in [6.07, 6.45) is 4.52. The summed E-state index contributed by atoms with van der Waals surface area (Å²) in [5.74, 6) is -0.190. The lowest BCUT2D eigenvalue weighted by Crippen LogP contribution is -2.06. The summed E-state index contributed by atoms with van der Waals surface area (Å²) in [4.78, 5) is 11.5. The van der Waals surface area contributed by atoms with Gasteiger partial charge in [0.15, 0.2) is 5.78 Å². The Labute approximate surface area is 172 Å². The highest BCUT2D eigenvalue weighted by Gasteiger charge is 2.22. The van der Waals surface area contributed by atoms with Crippen LogP contribution in [0.4, 0.5) is 0 Å². The van der Waals surface area contributed by atoms with Gasteiger partial charge in [-0.15, -0.1) is 0 Å². The first kappa shape index (κ1) is 19.8. The van der Waals surface area contributed by atoms with Crippen molar-refractivity contribution in [1.29, 1.82) is 0 Å². The van der Waals surface area contributed by atoms with E-state index in [1.165, 1.54) is 24.3 Å². The topological polar surface area (TPSA) is 91.7 Å². The Morgan fingerprint density at radius 1 is 1.00 bits per heavy atom. The zero-order valence-corrected chi connectivity index (χ0v) is 17.5. The van der Waals surface area contributed by atoms with Gasteiger partial charge in [0.25, 0.3) is 10.1 Å². The van der Waals surface area contributed by atoms with Gasteiger partial charge in [0.1, 0.15) is 10.6 Å².